The first-order chi connectivity index (χ1) is 8.42. The first-order valence-corrected chi connectivity index (χ1v) is 6.88. The molecule has 0 amide bonds. The molecule has 0 unspecified atom stereocenters. The highest BCUT2D eigenvalue weighted by Crippen LogP contribution is 2.24. The Hall–Kier alpha value is -1.09. The smallest absolute Gasteiger partial charge is 0.126 e. The number of nitrogens with zero attached hydrogens (tertiary/aromatic N) is 1. The van der Waals surface area contributed by atoms with Crippen LogP contribution in [0.1, 0.15) is 50.1 Å². The molecule has 0 bridgehead atoms. The topological polar surface area (TPSA) is 37.0 Å². The molecule has 2 heterocycles. The van der Waals surface area contributed by atoms with Crippen molar-refractivity contribution in [1.82, 2.24) is 10.3 Å². The second-order valence-corrected chi connectivity index (χ2v) is 5.25. The van der Waals surface area contributed by atoms with Crippen LogP contribution in [0.5, 0.6) is 0 Å². The number of rotatable bonds is 3. The number of nitrogens with one attached hydrogen (secondary N) is 2. The van der Waals surface area contributed by atoms with Gasteiger partial charge in [-0.05, 0) is 43.9 Å². The molecule has 1 saturated carbocycles. The Labute approximate surface area is 103 Å². The van der Waals surface area contributed by atoms with Crippen molar-refractivity contribution < 1.29 is 0 Å². The van der Waals surface area contributed by atoms with Gasteiger partial charge in [-0.25, -0.2) is 4.98 Å². The summed E-state index contributed by atoms with van der Waals surface area (Å²) in [5.74, 6) is 1.04. The highest BCUT2D eigenvalue weighted by Gasteiger charge is 2.17. The molecule has 2 aliphatic rings. The van der Waals surface area contributed by atoms with E-state index in [2.05, 4.69) is 27.8 Å². The van der Waals surface area contributed by atoms with E-state index in [1.165, 1.54) is 44.1 Å². The maximum atomic E-state index is 4.54. The lowest BCUT2D eigenvalue weighted by atomic mass is 10.1. The Bertz CT molecular complexity index is 348. The van der Waals surface area contributed by atoms with Gasteiger partial charge < -0.3 is 10.6 Å². The van der Waals surface area contributed by atoms with Crippen LogP contribution in [0.3, 0.4) is 0 Å². The number of pyridine rings is 1. The van der Waals surface area contributed by atoms with Crippen molar-refractivity contribution in [1.29, 1.82) is 0 Å². The Balaban J connectivity index is 1.62. The lowest BCUT2D eigenvalue weighted by Gasteiger charge is -2.14. The highest BCUT2D eigenvalue weighted by atomic mass is 15.0. The molecule has 1 saturated heterocycles. The van der Waals surface area contributed by atoms with E-state index in [0.717, 1.165) is 12.4 Å². The van der Waals surface area contributed by atoms with E-state index in [1.807, 2.05) is 6.20 Å². The van der Waals surface area contributed by atoms with E-state index in [0.29, 0.717) is 12.1 Å². The Morgan fingerprint density at radius 1 is 1.12 bits per heavy atom. The van der Waals surface area contributed by atoms with Crippen LogP contribution in [-0.4, -0.2) is 17.6 Å². The first-order valence-electron chi connectivity index (χ1n) is 6.88. The van der Waals surface area contributed by atoms with E-state index in [1.54, 1.807) is 0 Å². The average Bonchev–Trinajstić information content (AvgIpc) is 3.01. The maximum Gasteiger partial charge on any atom is 0.126 e. The molecular formula is C14H21N3. The normalized spacial score (nSPS) is 25.3. The van der Waals surface area contributed by atoms with Gasteiger partial charge in [-0.2, -0.15) is 0 Å². The maximum absolute atomic E-state index is 4.54. The molecule has 2 N–H and O–H groups in total. The second kappa shape index (κ2) is 5.05. The lowest BCUT2D eigenvalue weighted by Crippen LogP contribution is -2.16. The van der Waals surface area contributed by atoms with E-state index >= 15 is 0 Å². The van der Waals surface area contributed by atoms with Crippen molar-refractivity contribution in [2.45, 2.75) is 50.6 Å². The molecule has 0 aromatic carbocycles. The predicted octanol–water partition coefficient (Wildman–Crippen LogP) is 2.86. The number of hydrogen-bond acceptors (Lipinski definition) is 3. The van der Waals surface area contributed by atoms with Crippen molar-refractivity contribution in [3.63, 3.8) is 0 Å². The van der Waals surface area contributed by atoms with Crippen molar-refractivity contribution in [3.8, 4) is 0 Å². The Kier molecular flexibility index (Phi) is 3.27. The lowest BCUT2D eigenvalue weighted by molar-refractivity contribution is 0.645. The zero-order chi connectivity index (χ0) is 11.5. The summed E-state index contributed by atoms with van der Waals surface area (Å²) in [6, 6.07) is 5.53. The summed E-state index contributed by atoms with van der Waals surface area (Å²) in [5.41, 5.74) is 1.33. The fraction of sp³-hybridized carbons (Fsp3) is 0.643. The molecule has 3 nitrogen and oxygen atoms in total. The summed E-state index contributed by atoms with van der Waals surface area (Å²) < 4.78 is 0. The van der Waals surface area contributed by atoms with E-state index < -0.39 is 0 Å². The zero-order valence-corrected chi connectivity index (χ0v) is 10.3. The fourth-order valence-electron chi connectivity index (χ4n) is 2.95. The van der Waals surface area contributed by atoms with Crippen LogP contribution in [0, 0.1) is 0 Å². The summed E-state index contributed by atoms with van der Waals surface area (Å²) in [5, 5.41) is 7.03. The van der Waals surface area contributed by atoms with Crippen LogP contribution in [0.15, 0.2) is 18.3 Å². The molecule has 2 fully saturated rings. The molecule has 0 radical (unpaired) electrons. The molecule has 1 aromatic rings. The summed E-state index contributed by atoms with van der Waals surface area (Å²) in [7, 11) is 0. The minimum atomic E-state index is 0.531. The molecule has 3 rings (SSSR count). The van der Waals surface area contributed by atoms with E-state index in [9.17, 15) is 0 Å². The number of anilines is 1. The molecular weight excluding hydrogens is 210 g/mol. The van der Waals surface area contributed by atoms with Gasteiger partial charge in [0.1, 0.15) is 5.82 Å². The summed E-state index contributed by atoms with van der Waals surface area (Å²) in [4.78, 5) is 4.54. The van der Waals surface area contributed by atoms with E-state index in [4.69, 9.17) is 0 Å². The van der Waals surface area contributed by atoms with Gasteiger partial charge in [0.2, 0.25) is 0 Å². The molecule has 1 atom stereocenters. The van der Waals surface area contributed by atoms with Crippen molar-refractivity contribution in [3.05, 3.63) is 23.9 Å². The van der Waals surface area contributed by atoms with Gasteiger partial charge in [0, 0.05) is 18.3 Å². The van der Waals surface area contributed by atoms with Gasteiger partial charge in [-0.1, -0.05) is 18.9 Å². The molecule has 17 heavy (non-hydrogen) atoms. The Morgan fingerprint density at radius 2 is 2.00 bits per heavy atom. The SMILES string of the molecule is c1cc(NC2CCCC2)ncc1[C@@H]1CCCN1. The van der Waals surface area contributed by atoms with Crippen LogP contribution < -0.4 is 10.6 Å². The standard InChI is InChI=1S/C14H21N3/c1-2-5-12(4-1)17-14-8-7-11(10-16-14)13-6-3-9-15-13/h7-8,10,12-13,15H,1-6,9H2,(H,16,17)/t13-/m0/s1. The minimum absolute atomic E-state index is 0.531. The van der Waals surface area contributed by atoms with Gasteiger partial charge in [-0.3, -0.25) is 0 Å². The molecule has 0 spiro atoms. The van der Waals surface area contributed by atoms with Crippen molar-refractivity contribution in [2.24, 2.45) is 0 Å². The largest absolute Gasteiger partial charge is 0.367 e. The van der Waals surface area contributed by atoms with Crippen LogP contribution in [0.25, 0.3) is 0 Å². The summed E-state index contributed by atoms with van der Waals surface area (Å²) >= 11 is 0. The third-order valence-electron chi connectivity index (χ3n) is 3.96. The van der Waals surface area contributed by atoms with E-state index in [-0.39, 0.29) is 0 Å². The molecule has 3 heteroatoms. The van der Waals surface area contributed by atoms with Gasteiger partial charge in [0.25, 0.3) is 0 Å². The molecule has 1 aromatic heterocycles. The number of aromatic nitrogens is 1. The molecule has 1 aliphatic heterocycles. The van der Waals surface area contributed by atoms with Gasteiger partial charge >= 0.3 is 0 Å². The van der Waals surface area contributed by atoms with Crippen molar-refractivity contribution in [2.75, 3.05) is 11.9 Å². The second-order valence-electron chi connectivity index (χ2n) is 5.25. The Morgan fingerprint density at radius 3 is 2.65 bits per heavy atom. The summed E-state index contributed by atoms with van der Waals surface area (Å²) in [6.45, 7) is 1.15. The van der Waals surface area contributed by atoms with Gasteiger partial charge in [-0.15, -0.1) is 0 Å². The third kappa shape index (κ3) is 2.60. The first kappa shape index (κ1) is 11.0. The highest BCUT2D eigenvalue weighted by molar-refractivity contribution is 5.37. The molecule has 92 valence electrons. The average molecular weight is 231 g/mol. The van der Waals surface area contributed by atoms with Crippen LogP contribution in [-0.2, 0) is 0 Å². The van der Waals surface area contributed by atoms with Gasteiger partial charge in [0.05, 0.1) is 0 Å². The van der Waals surface area contributed by atoms with Crippen molar-refractivity contribution >= 4 is 5.82 Å². The molecule has 1 aliphatic carbocycles. The zero-order valence-electron chi connectivity index (χ0n) is 10.3. The third-order valence-corrected chi connectivity index (χ3v) is 3.96. The minimum Gasteiger partial charge on any atom is -0.367 e. The monoisotopic (exact) mass is 231 g/mol. The van der Waals surface area contributed by atoms with Gasteiger partial charge in [0.15, 0.2) is 0 Å². The number of hydrogen-bond donors (Lipinski definition) is 2. The van der Waals surface area contributed by atoms with Crippen LogP contribution in [0.2, 0.25) is 0 Å². The quantitative estimate of drug-likeness (QED) is 0.840. The summed E-state index contributed by atoms with van der Waals surface area (Å²) in [6.07, 6.45) is 9.88. The predicted molar refractivity (Wildman–Crippen MR) is 70.1 cm³/mol. The van der Waals surface area contributed by atoms with Crippen LogP contribution in [0.4, 0.5) is 5.82 Å². The fourth-order valence-corrected chi connectivity index (χ4v) is 2.95. The van der Waals surface area contributed by atoms with Crippen LogP contribution >= 0.6 is 0 Å².